The van der Waals surface area contributed by atoms with Crippen LogP contribution in [0.15, 0.2) is 0 Å². The molecule has 0 amide bonds. The first kappa shape index (κ1) is 24.2. The van der Waals surface area contributed by atoms with Gasteiger partial charge in [-0.2, -0.15) is 0 Å². The Morgan fingerprint density at radius 1 is 0.615 bits per heavy atom. The number of hydrogen-bond donors (Lipinski definition) is 3. The first-order valence-electron chi connectivity index (χ1n) is 8.61. The highest BCUT2D eigenvalue weighted by Crippen LogP contribution is 1.96. The maximum atomic E-state index is 11.0. The van der Waals surface area contributed by atoms with Crippen LogP contribution in [0, 0.1) is 0 Å². The maximum Gasteiger partial charge on any atom is 0.317 e. The summed E-state index contributed by atoms with van der Waals surface area (Å²) in [5.41, 5.74) is 0. The molecule has 0 unspecified atom stereocenters. The molecule has 0 fully saturated rings. The molecule has 0 spiro atoms. The predicted octanol–water partition coefficient (Wildman–Crippen LogP) is -1.27. The molecule has 0 aromatic rings. The zero-order valence-corrected chi connectivity index (χ0v) is 15.9. The van der Waals surface area contributed by atoms with E-state index in [1.807, 2.05) is 6.92 Å². The monoisotopic (exact) mass is 376 g/mol. The third-order valence-corrected chi connectivity index (χ3v) is 3.94. The SMILES string of the molecule is CCN(CCN(C)CC(=O)O)CCN(CCN(C)CC(=O)O)CC(=O)O. The summed E-state index contributed by atoms with van der Waals surface area (Å²) in [6.07, 6.45) is 0. The fraction of sp³-hybridized carbons (Fsp3) is 0.812. The number of carboxylic acids is 3. The molecule has 0 aromatic carbocycles. The van der Waals surface area contributed by atoms with Crippen LogP contribution in [-0.4, -0.2) is 132 Å². The van der Waals surface area contributed by atoms with Crippen LogP contribution in [0.4, 0.5) is 0 Å². The number of hydrogen-bond acceptors (Lipinski definition) is 7. The number of likely N-dealkylation sites (N-methyl/N-ethyl adjacent to an activating group) is 3. The quantitative estimate of drug-likeness (QED) is 0.300. The second-order valence-electron chi connectivity index (χ2n) is 6.37. The summed E-state index contributed by atoms with van der Waals surface area (Å²) in [6, 6.07) is 0. The van der Waals surface area contributed by atoms with Gasteiger partial charge in [0.05, 0.1) is 19.6 Å². The molecule has 10 heteroatoms. The highest BCUT2D eigenvalue weighted by Gasteiger charge is 2.14. The molecule has 152 valence electrons. The predicted molar refractivity (Wildman–Crippen MR) is 96.5 cm³/mol. The van der Waals surface area contributed by atoms with E-state index in [1.165, 1.54) is 0 Å². The van der Waals surface area contributed by atoms with Crippen LogP contribution in [0.5, 0.6) is 0 Å². The van der Waals surface area contributed by atoms with Gasteiger partial charge in [-0.05, 0) is 20.6 Å². The van der Waals surface area contributed by atoms with Gasteiger partial charge in [-0.1, -0.05) is 6.92 Å². The van der Waals surface area contributed by atoms with Crippen LogP contribution < -0.4 is 0 Å². The molecule has 26 heavy (non-hydrogen) atoms. The Labute approximate surface area is 154 Å². The van der Waals surface area contributed by atoms with Crippen molar-refractivity contribution in [2.45, 2.75) is 6.92 Å². The third-order valence-electron chi connectivity index (χ3n) is 3.94. The summed E-state index contributed by atoms with van der Waals surface area (Å²) in [6.45, 7) is 6.02. The smallest absolute Gasteiger partial charge is 0.317 e. The Morgan fingerprint density at radius 2 is 0.962 bits per heavy atom. The minimum absolute atomic E-state index is 0.0153. The van der Waals surface area contributed by atoms with Crippen LogP contribution in [-0.2, 0) is 14.4 Å². The second-order valence-corrected chi connectivity index (χ2v) is 6.37. The minimum atomic E-state index is -0.921. The fourth-order valence-corrected chi connectivity index (χ4v) is 2.42. The molecule has 0 radical (unpaired) electrons. The highest BCUT2D eigenvalue weighted by molar-refractivity contribution is 5.69. The zero-order chi connectivity index (χ0) is 20.1. The van der Waals surface area contributed by atoms with Crippen molar-refractivity contribution in [3.8, 4) is 0 Å². The van der Waals surface area contributed by atoms with Crippen molar-refractivity contribution < 1.29 is 29.7 Å². The molecule has 0 rings (SSSR count). The molecule has 0 aliphatic rings. The lowest BCUT2D eigenvalue weighted by Gasteiger charge is -2.28. The average molecular weight is 376 g/mol. The van der Waals surface area contributed by atoms with E-state index in [1.54, 1.807) is 28.8 Å². The molecule has 0 bridgehead atoms. The van der Waals surface area contributed by atoms with Crippen molar-refractivity contribution in [2.75, 3.05) is 79.5 Å². The van der Waals surface area contributed by atoms with Gasteiger partial charge < -0.3 is 20.2 Å². The van der Waals surface area contributed by atoms with Gasteiger partial charge in [-0.3, -0.25) is 29.1 Å². The van der Waals surface area contributed by atoms with Crippen LogP contribution in [0.25, 0.3) is 0 Å². The number of nitrogens with zero attached hydrogens (tertiary/aromatic N) is 4. The van der Waals surface area contributed by atoms with Crippen molar-refractivity contribution in [2.24, 2.45) is 0 Å². The van der Waals surface area contributed by atoms with E-state index < -0.39 is 17.9 Å². The standard InChI is InChI=1S/C16H32N4O6/c1-4-19(7-5-17(2)11-14(21)22)9-10-20(13-16(25)26)8-6-18(3)12-15(23)24/h4-13H2,1-3H3,(H,21,22)(H,23,24)(H,25,26). The van der Waals surface area contributed by atoms with Crippen molar-refractivity contribution >= 4 is 17.9 Å². The molecule has 0 aromatic heterocycles. The van der Waals surface area contributed by atoms with Crippen molar-refractivity contribution in [3.05, 3.63) is 0 Å². The molecule has 0 heterocycles. The normalized spacial score (nSPS) is 11.7. The van der Waals surface area contributed by atoms with E-state index in [0.717, 1.165) is 6.54 Å². The molecule has 0 aliphatic heterocycles. The molecular weight excluding hydrogens is 344 g/mol. The van der Waals surface area contributed by atoms with Gasteiger partial charge in [-0.15, -0.1) is 0 Å². The summed E-state index contributed by atoms with van der Waals surface area (Å²) in [5, 5.41) is 26.6. The Hall–Kier alpha value is -1.75. The summed E-state index contributed by atoms with van der Waals surface area (Å²) in [5.74, 6) is -2.70. The molecule has 10 nitrogen and oxygen atoms in total. The number of rotatable bonds is 16. The molecule has 3 N–H and O–H groups in total. The van der Waals surface area contributed by atoms with E-state index in [2.05, 4.69) is 4.90 Å². The average Bonchev–Trinajstić information content (AvgIpc) is 2.50. The number of carboxylic acid groups (broad SMARTS) is 3. The van der Waals surface area contributed by atoms with Gasteiger partial charge >= 0.3 is 17.9 Å². The fourth-order valence-electron chi connectivity index (χ4n) is 2.42. The highest BCUT2D eigenvalue weighted by atomic mass is 16.4. The van der Waals surface area contributed by atoms with Crippen LogP contribution in [0.1, 0.15) is 6.92 Å². The molecular formula is C16H32N4O6. The van der Waals surface area contributed by atoms with E-state index >= 15 is 0 Å². The number of aliphatic carboxylic acids is 3. The lowest BCUT2D eigenvalue weighted by Crippen LogP contribution is -2.43. The Balaban J connectivity index is 4.38. The largest absolute Gasteiger partial charge is 0.480 e. The summed E-state index contributed by atoms with van der Waals surface area (Å²) in [4.78, 5) is 39.7. The first-order valence-corrected chi connectivity index (χ1v) is 8.61. The zero-order valence-electron chi connectivity index (χ0n) is 15.9. The van der Waals surface area contributed by atoms with E-state index in [0.29, 0.717) is 39.3 Å². The topological polar surface area (TPSA) is 125 Å². The van der Waals surface area contributed by atoms with Crippen molar-refractivity contribution in [1.82, 2.24) is 19.6 Å². The Kier molecular flexibility index (Phi) is 12.5. The number of carbonyl (C=O) groups is 3. The Bertz CT molecular complexity index is 448. The minimum Gasteiger partial charge on any atom is -0.480 e. The molecule has 0 atom stereocenters. The van der Waals surface area contributed by atoms with Crippen LogP contribution in [0.2, 0.25) is 0 Å². The van der Waals surface area contributed by atoms with Gasteiger partial charge in [0.1, 0.15) is 0 Å². The first-order chi connectivity index (χ1) is 12.1. The van der Waals surface area contributed by atoms with E-state index in [4.69, 9.17) is 15.3 Å². The molecule has 0 saturated carbocycles. The Morgan fingerprint density at radius 3 is 1.35 bits per heavy atom. The van der Waals surface area contributed by atoms with E-state index in [9.17, 15) is 14.4 Å². The van der Waals surface area contributed by atoms with Crippen LogP contribution >= 0.6 is 0 Å². The summed E-state index contributed by atoms with van der Waals surface area (Å²) < 4.78 is 0. The van der Waals surface area contributed by atoms with Crippen LogP contribution in [0.3, 0.4) is 0 Å². The lowest BCUT2D eigenvalue weighted by molar-refractivity contribution is -0.140. The maximum absolute atomic E-state index is 11.0. The van der Waals surface area contributed by atoms with Crippen molar-refractivity contribution in [3.63, 3.8) is 0 Å². The van der Waals surface area contributed by atoms with Crippen molar-refractivity contribution in [1.29, 1.82) is 0 Å². The molecule has 0 aliphatic carbocycles. The molecule has 0 saturated heterocycles. The van der Waals surface area contributed by atoms with E-state index in [-0.39, 0.29) is 19.6 Å². The van der Waals surface area contributed by atoms with Gasteiger partial charge in [0.15, 0.2) is 0 Å². The van der Waals surface area contributed by atoms with Gasteiger partial charge in [0.2, 0.25) is 0 Å². The summed E-state index contributed by atoms with van der Waals surface area (Å²) in [7, 11) is 3.43. The lowest BCUT2D eigenvalue weighted by atomic mass is 10.3. The van der Waals surface area contributed by atoms with Gasteiger partial charge in [0, 0.05) is 39.3 Å². The van der Waals surface area contributed by atoms with Gasteiger partial charge in [-0.25, -0.2) is 0 Å². The second kappa shape index (κ2) is 13.5. The summed E-state index contributed by atoms with van der Waals surface area (Å²) >= 11 is 0. The third kappa shape index (κ3) is 13.5. The van der Waals surface area contributed by atoms with Gasteiger partial charge in [0.25, 0.3) is 0 Å².